The third kappa shape index (κ3) is 4.93. The van der Waals surface area contributed by atoms with E-state index in [2.05, 4.69) is 58.5 Å². The first-order valence-corrected chi connectivity index (χ1v) is 9.39. The van der Waals surface area contributed by atoms with Crippen LogP contribution in [0, 0.1) is 0 Å². The van der Waals surface area contributed by atoms with E-state index in [4.69, 9.17) is 0 Å². The fourth-order valence-corrected chi connectivity index (χ4v) is 3.59. The zero-order chi connectivity index (χ0) is 17.6. The summed E-state index contributed by atoms with van der Waals surface area (Å²) in [6.07, 6.45) is 1.82. The molecule has 1 aliphatic rings. The predicted molar refractivity (Wildman–Crippen MR) is 102 cm³/mol. The molecule has 1 aromatic carbocycles. The van der Waals surface area contributed by atoms with E-state index in [1.807, 2.05) is 16.5 Å². The topological polar surface area (TPSA) is 51.7 Å². The van der Waals surface area contributed by atoms with Crippen LogP contribution in [0.3, 0.4) is 0 Å². The molecular weight excluding hydrogens is 334 g/mol. The van der Waals surface area contributed by atoms with Gasteiger partial charge in [0.1, 0.15) is 0 Å². The number of piperazine rings is 1. The molecule has 0 spiro atoms. The van der Waals surface area contributed by atoms with Crippen molar-refractivity contribution in [1.82, 2.24) is 20.1 Å². The van der Waals surface area contributed by atoms with Crippen molar-refractivity contribution in [3.63, 3.8) is 0 Å². The molecule has 7 heteroatoms. The van der Waals surface area contributed by atoms with Crippen LogP contribution >= 0.6 is 11.3 Å². The van der Waals surface area contributed by atoms with Gasteiger partial charge in [0.15, 0.2) is 5.13 Å². The lowest BCUT2D eigenvalue weighted by molar-refractivity contribution is 0.194. The first-order valence-electron chi connectivity index (χ1n) is 8.51. The molecule has 0 radical (unpaired) electrons. The molecule has 2 amide bonds. The normalized spacial score (nSPS) is 14.8. The largest absolute Gasteiger partial charge is 0.345 e. The fourth-order valence-electron chi connectivity index (χ4n) is 2.89. The summed E-state index contributed by atoms with van der Waals surface area (Å²) in [5.41, 5.74) is 2.40. The van der Waals surface area contributed by atoms with Crippen molar-refractivity contribution in [1.29, 1.82) is 0 Å². The van der Waals surface area contributed by atoms with E-state index in [9.17, 15) is 4.79 Å². The molecule has 0 bridgehead atoms. The number of aromatic nitrogens is 1. The minimum atomic E-state index is 0.0103. The van der Waals surface area contributed by atoms with Gasteiger partial charge in [0.05, 0.1) is 0 Å². The molecular formula is C18H25N5OS. The van der Waals surface area contributed by atoms with Crippen molar-refractivity contribution in [2.45, 2.75) is 13.1 Å². The number of carbonyl (C=O) groups excluding carboxylic acids is 1. The van der Waals surface area contributed by atoms with Gasteiger partial charge in [-0.1, -0.05) is 24.3 Å². The lowest BCUT2D eigenvalue weighted by Gasteiger charge is -2.34. The number of nitrogens with one attached hydrogen (secondary N) is 1. The second-order valence-electron chi connectivity index (χ2n) is 6.50. The number of nitrogens with zero attached hydrogens (tertiary/aromatic N) is 4. The lowest BCUT2D eigenvalue weighted by atomic mass is 10.1. The number of benzene rings is 1. The SMILES string of the molecule is CN(C)Cc1ccc(CNC(=O)N2CCN(c3nccs3)CC2)cc1. The molecule has 6 nitrogen and oxygen atoms in total. The van der Waals surface area contributed by atoms with E-state index >= 15 is 0 Å². The Bertz CT molecular complexity index is 663. The van der Waals surface area contributed by atoms with Crippen molar-refractivity contribution in [2.24, 2.45) is 0 Å². The quantitative estimate of drug-likeness (QED) is 0.890. The Hall–Kier alpha value is -2.12. The van der Waals surface area contributed by atoms with Crippen LogP contribution < -0.4 is 10.2 Å². The van der Waals surface area contributed by atoms with Crippen molar-refractivity contribution < 1.29 is 4.79 Å². The van der Waals surface area contributed by atoms with Crippen LogP contribution in [0.1, 0.15) is 11.1 Å². The van der Waals surface area contributed by atoms with Gasteiger partial charge in [-0.3, -0.25) is 0 Å². The average Bonchev–Trinajstić information content (AvgIpc) is 3.15. The van der Waals surface area contributed by atoms with Crippen LogP contribution in [0.15, 0.2) is 35.8 Å². The standard InChI is InChI=1S/C18H25N5OS/c1-21(2)14-16-5-3-15(4-6-16)13-20-17(24)22-8-10-23(11-9-22)18-19-7-12-25-18/h3-7,12H,8-11,13-14H2,1-2H3,(H,20,24). The van der Waals surface area contributed by atoms with Crippen molar-refractivity contribution in [2.75, 3.05) is 45.2 Å². The highest BCUT2D eigenvalue weighted by Crippen LogP contribution is 2.18. The highest BCUT2D eigenvalue weighted by atomic mass is 32.1. The maximum absolute atomic E-state index is 12.4. The number of anilines is 1. The molecule has 25 heavy (non-hydrogen) atoms. The number of carbonyl (C=O) groups is 1. The van der Waals surface area contributed by atoms with Gasteiger partial charge in [-0.25, -0.2) is 9.78 Å². The Morgan fingerprint density at radius 2 is 1.84 bits per heavy atom. The Morgan fingerprint density at radius 1 is 1.16 bits per heavy atom. The van der Waals surface area contributed by atoms with E-state index < -0.39 is 0 Å². The number of rotatable bonds is 5. The van der Waals surface area contributed by atoms with E-state index in [1.54, 1.807) is 11.3 Å². The molecule has 0 unspecified atom stereocenters. The third-order valence-corrected chi connectivity index (χ3v) is 5.05. The van der Waals surface area contributed by atoms with Gasteiger partial charge < -0.3 is 20.0 Å². The number of hydrogen-bond donors (Lipinski definition) is 1. The number of amides is 2. The Kier molecular flexibility index (Phi) is 5.88. The van der Waals surface area contributed by atoms with Crippen molar-refractivity contribution >= 4 is 22.5 Å². The highest BCUT2D eigenvalue weighted by molar-refractivity contribution is 7.13. The Morgan fingerprint density at radius 3 is 2.44 bits per heavy atom. The van der Waals surface area contributed by atoms with E-state index in [1.165, 1.54) is 5.56 Å². The van der Waals surface area contributed by atoms with Gasteiger partial charge in [0.25, 0.3) is 0 Å². The zero-order valence-electron chi connectivity index (χ0n) is 14.8. The maximum atomic E-state index is 12.4. The molecule has 2 aromatic rings. The molecule has 0 aliphatic carbocycles. The molecule has 3 rings (SSSR count). The first kappa shape index (κ1) is 17.7. The van der Waals surface area contributed by atoms with E-state index in [0.29, 0.717) is 6.54 Å². The molecule has 2 heterocycles. The summed E-state index contributed by atoms with van der Waals surface area (Å²) in [6.45, 7) is 4.62. The predicted octanol–water partition coefficient (Wildman–Crippen LogP) is 2.24. The summed E-state index contributed by atoms with van der Waals surface area (Å²) in [5, 5.41) is 6.05. The van der Waals surface area contributed by atoms with Gasteiger partial charge in [0, 0.05) is 50.8 Å². The van der Waals surface area contributed by atoms with Crippen LogP contribution in [-0.2, 0) is 13.1 Å². The second kappa shape index (κ2) is 8.31. The minimum absolute atomic E-state index is 0.0103. The first-order chi connectivity index (χ1) is 12.1. The highest BCUT2D eigenvalue weighted by Gasteiger charge is 2.22. The number of hydrogen-bond acceptors (Lipinski definition) is 5. The van der Waals surface area contributed by atoms with Gasteiger partial charge in [0.2, 0.25) is 0 Å². The molecule has 1 aliphatic heterocycles. The minimum Gasteiger partial charge on any atom is -0.345 e. The number of urea groups is 1. The second-order valence-corrected chi connectivity index (χ2v) is 7.37. The smallest absolute Gasteiger partial charge is 0.317 e. The van der Waals surface area contributed by atoms with E-state index in [-0.39, 0.29) is 6.03 Å². The molecule has 1 N–H and O–H groups in total. The Balaban J connectivity index is 1.44. The summed E-state index contributed by atoms with van der Waals surface area (Å²) in [7, 11) is 4.12. The molecule has 1 fully saturated rings. The van der Waals surface area contributed by atoms with Crippen LogP contribution in [-0.4, -0.2) is 61.1 Å². The summed E-state index contributed by atoms with van der Waals surface area (Å²) in [6, 6.07) is 8.41. The van der Waals surface area contributed by atoms with Gasteiger partial charge in [-0.15, -0.1) is 11.3 Å². The number of thiazole rings is 1. The van der Waals surface area contributed by atoms with Crippen LogP contribution in [0.5, 0.6) is 0 Å². The lowest BCUT2D eigenvalue weighted by Crippen LogP contribution is -2.51. The van der Waals surface area contributed by atoms with Crippen LogP contribution in [0.4, 0.5) is 9.93 Å². The summed E-state index contributed by atoms with van der Waals surface area (Å²) in [4.78, 5) is 22.9. The zero-order valence-corrected chi connectivity index (χ0v) is 15.6. The van der Waals surface area contributed by atoms with Crippen molar-refractivity contribution in [3.8, 4) is 0 Å². The molecule has 1 aromatic heterocycles. The molecule has 0 atom stereocenters. The average molecular weight is 359 g/mol. The molecule has 0 saturated carbocycles. The van der Waals surface area contributed by atoms with Gasteiger partial charge >= 0.3 is 6.03 Å². The van der Waals surface area contributed by atoms with E-state index in [0.717, 1.165) is 43.4 Å². The molecule has 134 valence electrons. The maximum Gasteiger partial charge on any atom is 0.317 e. The van der Waals surface area contributed by atoms with Crippen LogP contribution in [0.25, 0.3) is 0 Å². The molecule has 1 saturated heterocycles. The van der Waals surface area contributed by atoms with Crippen molar-refractivity contribution in [3.05, 3.63) is 47.0 Å². The van der Waals surface area contributed by atoms with Gasteiger partial charge in [-0.2, -0.15) is 0 Å². The van der Waals surface area contributed by atoms with Crippen LogP contribution in [0.2, 0.25) is 0 Å². The Labute approximate surface area is 153 Å². The summed E-state index contributed by atoms with van der Waals surface area (Å²) < 4.78 is 0. The monoisotopic (exact) mass is 359 g/mol. The fraction of sp³-hybridized carbons (Fsp3) is 0.444. The third-order valence-electron chi connectivity index (χ3n) is 4.22. The summed E-state index contributed by atoms with van der Waals surface area (Å²) in [5.74, 6) is 0. The van der Waals surface area contributed by atoms with Gasteiger partial charge in [-0.05, 0) is 25.2 Å². The summed E-state index contributed by atoms with van der Waals surface area (Å²) >= 11 is 1.64.